The third kappa shape index (κ3) is 5.38. The molecule has 4 aromatic rings. The summed E-state index contributed by atoms with van der Waals surface area (Å²) in [5.74, 6) is 2.23. The maximum absolute atomic E-state index is 12.1. The fourth-order valence-corrected chi connectivity index (χ4v) is 3.27. The first kappa shape index (κ1) is 22.1. The van der Waals surface area contributed by atoms with Gasteiger partial charge in [-0.1, -0.05) is 17.7 Å². The summed E-state index contributed by atoms with van der Waals surface area (Å²) in [5, 5.41) is 15.6. The van der Waals surface area contributed by atoms with Gasteiger partial charge in [0.05, 0.1) is 13.7 Å². The second-order valence-electron chi connectivity index (χ2n) is 7.45. The fraction of sp³-hybridized carbons (Fsp3) is 0.250. The summed E-state index contributed by atoms with van der Waals surface area (Å²) >= 11 is 0. The van der Waals surface area contributed by atoms with Crippen LogP contribution in [0.2, 0.25) is 0 Å². The minimum Gasteiger partial charge on any atom is -0.497 e. The van der Waals surface area contributed by atoms with Crippen LogP contribution in [0, 0.1) is 13.8 Å². The average Bonchev–Trinajstić information content (AvgIpc) is 3.24. The number of aromatic nitrogens is 4. The van der Waals surface area contributed by atoms with Gasteiger partial charge in [-0.05, 0) is 55.8 Å². The van der Waals surface area contributed by atoms with E-state index in [9.17, 15) is 4.79 Å². The highest BCUT2D eigenvalue weighted by Crippen LogP contribution is 2.22. The molecule has 1 N–H and O–H groups in total. The van der Waals surface area contributed by atoms with Crippen LogP contribution in [-0.4, -0.2) is 52.6 Å². The molecule has 4 rings (SSSR count). The van der Waals surface area contributed by atoms with Gasteiger partial charge >= 0.3 is 0 Å². The molecule has 0 radical (unpaired) electrons. The Balaban J connectivity index is 1.29. The quantitative estimate of drug-likeness (QED) is 0.394. The van der Waals surface area contributed by atoms with Crippen molar-refractivity contribution in [1.82, 2.24) is 25.1 Å². The van der Waals surface area contributed by atoms with E-state index in [-0.39, 0.29) is 19.1 Å². The van der Waals surface area contributed by atoms with Crippen LogP contribution in [0.5, 0.6) is 17.4 Å². The van der Waals surface area contributed by atoms with Crippen molar-refractivity contribution in [3.63, 3.8) is 0 Å². The van der Waals surface area contributed by atoms with Gasteiger partial charge in [-0.2, -0.15) is 4.52 Å². The van der Waals surface area contributed by atoms with Gasteiger partial charge in [-0.3, -0.25) is 4.79 Å². The first-order valence-electron chi connectivity index (χ1n) is 10.5. The van der Waals surface area contributed by atoms with Crippen LogP contribution in [0.4, 0.5) is 0 Å². The summed E-state index contributed by atoms with van der Waals surface area (Å²) < 4.78 is 18.1. The van der Waals surface area contributed by atoms with E-state index < -0.39 is 0 Å². The molecule has 2 heterocycles. The molecule has 1 amide bonds. The summed E-state index contributed by atoms with van der Waals surface area (Å²) in [5.41, 5.74) is 3.60. The lowest BCUT2D eigenvalue weighted by Crippen LogP contribution is -2.32. The van der Waals surface area contributed by atoms with Crippen molar-refractivity contribution in [3.05, 3.63) is 65.7 Å². The van der Waals surface area contributed by atoms with Gasteiger partial charge in [0.1, 0.15) is 18.1 Å². The first-order chi connectivity index (χ1) is 16.0. The Hall–Kier alpha value is -4.14. The van der Waals surface area contributed by atoms with Gasteiger partial charge in [0.15, 0.2) is 18.1 Å². The molecular weight excluding hydrogens is 422 g/mol. The molecular formula is C24H25N5O4. The van der Waals surface area contributed by atoms with E-state index in [2.05, 4.69) is 20.6 Å². The van der Waals surface area contributed by atoms with Crippen LogP contribution in [0.15, 0.2) is 54.6 Å². The van der Waals surface area contributed by atoms with E-state index in [0.717, 1.165) is 22.4 Å². The smallest absolute Gasteiger partial charge is 0.258 e. The van der Waals surface area contributed by atoms with Crippen molar-refractivity contribution < 1.29 is 19.0 Å². The average molecular weight is 447 g/mol. The summed E-state index contributed by atoms with van der Waals surface area (Å²) in [6, 6.07) is 16.8. The van der Waals surface area contributed by atoms with Crippen molar-refractivity contribution in [2.45, 2.75) is 13.8 Å². The molecule has 170 valence electrons. The second-order valence-corrected chi connectivity index (χ2v) is 7.45. The van der Waals surface area contributed by atoms with E-state index >= 15 is 0 Å². The highest BCUT2D eigenvalue weighted by atomic mass is 16.5. The largest absolute Gasteiger partial charge is 0.497 e. The Morgan fingerprint density at radius 3 is 2.58 bits per heavy atom. The van der Waals surface area contributed by atoms with E-state index in [4.69, 9.17) is 14.2 Å². The Labute approximate surface area is 191 Å². The predicted molar refractivity (Wildman–Crippen MR) is 123 cm³/mol. The number of amides is 1. The van der Waals surface area contributed by atoms with Gasteiger partial charge in [0.25, 0.3) is 5.91 Å². The van der Waals surface area contributed by atoms with E-state index in [0.29, 0.717) is 29.6 Å². The van der Waals surface area contributed by atoms with Gasteiger partial charge in [-0.25, -0.2) is 0 Å². The highest BCUT2D eigenvalue weighted by Gasteiger charge is 2.11. The number of benzene rings is 2. The van der Waals surface area contributed by atoms with Crippen molar-refractivity contribution in [1.29, 1.82) is 0 Å². The molecule has 0 unspecified atom stereocenters. The molecule has 0 aliphatic rings. The lowest BCUT2D eigenvalue weighted by Gasteiger charge is -2.10. The number of fused-ring (bicyclic) bond motifs is 1. The number of aryl methyl sites for hydroxylation is 2. The van der Waals surface area contributed by atoms with E-state index in [1.54, 1.807) is 23.8 Å². The Kier molecular flexibility index (Phi) is 6.68. The highest BCUT2D eigenvalue weighted by molar-refractivity contribution is 5.77. The van der Waals surface area contributed by atoms with Crippen LogP contribution >= 0.6 is 0 Å². The van der Waals surface area contributed by atoms with Gasteiger partial charge in [0, 0.05) is 11.6 Å². The topological polar surface area (TPSA) is 99.9 Å². The standard InChI is InChI=1S/C24H25N5O4/c1-16-4-9-20(17(2)14-16)33-15-22(30)25-12-13-32-23-11-10-21-26-27-24(29(21)28-23)18-5-7-19(31-3)8-6-18/h4-11,14H,12-13,15H2,1-3H3,(H,25,30). The fourth-order valence-electron chi connectivity index (χ4n) is 3.27. The zero-order valence-electron chi connectivity index (χ0n) is 18.7. The van der Waals surface area contributed by atoms with Crippen LogP contribution in [0.3, 0.4) is 0 Å². The number of methoxy groups -OCH3 is 1. The van der Waals surface area contributed by atoms with Crippen molar-refractivity contribution in [2.24, 2.45) is 0 Å². The van der Waals surface area contributed by atoms with Crippen LogP contribution < -0.4 is 19.5 Å². The van der Waals surface area contributed by atoms with Crippen molar-refractivity contribution >= 4 is 11.6 Å². The summed E-state index contributed by atoms with van der Waals surface area (Å²) in [6.45, 7) is 4.49. The Bertz CT molecular complexity index is 1250. The number of carbonyl (C=O) groups is 1. The van der Waals surface area contributed by atoms with E-state index in [1.165, 1.54) is 0 Å². The molecule has 2 aromatic carbocycles. The molecule has 9 heteroatoms. The monoisotopic (exact) mass is 447 g/mol. The molecule has 0 spiro atoms. The lowest BCUT2D eigenvalue weighted by atomic mass is 10.1. The first-order valence-corrected chi connectivity index (χ1v) is 10.5. The molecule has 0 bridgehead atoms. The molecule has 0 saturated carbocycles. The van der Waals surface area contributed by atoms with Crippen molar-refractivity contribution in [2.75, 3.05) is 26.9 Å². The second kappa shape index (κ2) is 9.99. The molecule has 0 saturated heterocycles. The number of nitrogens with one attached hydrogen (secondary N) is 1. The Morgan fingerprint density at radius 2 is 1.82 bits per heavy atom. The van der Waals surface area contributed by atoms with Gasteiger partial charge in [-0.15, -0.1) is 15.3 Å². The number of ether oxygens (including phenoxy) is 3. The van der Waals surface area contributed by atoms with Crippen LogP contribution in [0.25, 0.3) is 17.0 Å². The summed E-state index contributed by atoms with van der Waals surface area (Å²) in [4.78, 5) is 12.1. The third-order valence-corrected chi connectivity index (χ3v) is 4.95. The zero-order chi connectivity index (χ0) is 23.2. The number of carbonyl (C=O) groups excluding carboxylic acids is 1. The number of nitrogens with zero attached hydrogens (tertiary/aromatic N) is 4. The summed E-state index contributed by atoms with van der Waals surface area (Å²) in [6.07, 6.45) is 0. The molecule has 9 nitrogen and oxygen atoms in total. The number of rotatable bonds is 9. The lowest BCUT2D eigenvalue weighted by molar-refractivity contribution is -0.123. The minimum absolute atomic E-state index is 0.0555. The third-order valence-electron chi connectivity index (χ3n) is 4.95. The van der Waals surface area contributed by atoms with Gasteiger partial charge in [0.2, 0.25) is 5.88 Å². The Morgan fingerprint density at radius 1 is 1.00 bits per heavy atom. The maximum Gasteiger partial charge on any atom is 0.258 e. The maximum atomic E-state index is 12.1. The number of hydrogen-bond acceptors (Lipinski definition) is 7. The SMILES string of the molecule is COc1ccc(-c2nnc3ccc(OCCNC(=O)COc4ccc(C)cc4C)nn23)cc1. The summed E-state index contributed by atoms with van der Waals surface area (Å²) in [7, 11) is 1.62. The molecule has 0 aliphatic heterocycles. The van der Waals surface area contributed by atoms with Gasteiger partial charge < -0.3 is 19.5 Å². The normalized spacial score (nSPS) is 10.8. The minimum atomic E-state index is -0.220. The van der Waals surface area contributed by atoms with E-state index in [1.807, 2.05) is 56.3 Å². The molecule has 2 aromatic heterocycles. The van der Waals surface area contributed by atoms with Crippen LogP contribution in [-0.2, 0) is 4.79 Å². The van der Waals surface area contributed by atoms with Crippen LogP contribution in [0.1, 0.15) is 11.1 Å². The number of hydrogen-bond donors (Lipinski definition) is 1. The molecule has 0 aliphatic carbocycles. The molecule has 0 fully saturated rings. The zero-order valence-corrected chi connectivity index (χ0v) is 18.7. The molecule has 0 atom stereocenters. The molecule has 33 heavy (non-hydrogen) atoms. The predicted octanol–water partition coefficient (Wildman–Crippen LogP) is 2.99. The van der Waals surface area contributed by atoms with Crippen molar-refractivity contribution in [3.8, 4) is 28.8 Å².